The first-order chi connectivity index (χ1) is 11.5. The zero-order valence-corrected chi connectivity index (χ0v) is 13.8. The summed E-state index contributed by atoms with van der Waals surface area (Å²) >= 11 is 11.8. The van der Waals surface area contributed by atoms with Crippen molar-refractivity contribution in [2.45, 2.75) is 25.4 Å². The first-order valence-corrected chi connectivity index (χ1v) is 7.49. The van der Waals surface area contributed by atoms with E-state index in [-0.39, 0.29) is 16.4 Å². The Morgan fingerprint density at radius 2 is 1.72 bits per heavy atom. The molecule has 6 nitrogen and oxygen atoms in total. The van der Waals surface area contributed by atoms with Crippen LogP contribution in [0.1, 0.15) is 0 Å². The fourth-order valence-electron chi connectivity index (χ4n) is 2.17. The van der Waals surface area contributed by atoms with Crippen molar-refractivity contribution < 1.29 is 28.2 Å². The molecule has 0 aliphatic rings. The Kier molecular flexibility index (Phi) is 5.50. The molecule has 0 aliphatic carbocycles. The summed E-state index contributed by atoms with van der Waals surface area (Å²) in [7, 11) is 0. The number of hydrogen-bond acceptors (Lipinski definition) is 3. The Morgan fingerprint density at radius 1 is 1.16 bits per heavy atom. The maximum absolute atomic E-state index is 12.7. The van der Waals surface area contributed by atoms with E-state index in [9.17, 15) is 27.9 Å². The summed E-state index contributed by atoms with van der Waals surface area (Å²) in [6, 6.07) is 5.67. The molecule has 1 heterocycles. The lowest BCUT2D eigenvalue weighted by atomic mass is 10.1. The van der Waals surface area contributed by atoms with Crippen LogP contribution in [0, 0.1) is 0 Å². The number of alkyl halides is 3. The quantitative estimate of drug-likeness (QED) is 0.810. The van der Waals surface area contributed by atoms with Crippen LogP contribution in [0.4, 0.5) is 13.2 Å². The highest BCUT2D eigenvalue weighted by Crippen LogP contribution is 2.30. The van der Waals surface area contributed by atoms with Crippen LogP contribution in [-0.4, -0.2) is 37.6 Å². The molecule has 0 fully saturated rings. The minimum absolute atomic E-state index is 0.145. The van der Waals surface area contributed by atoms with E-state index < -0.39 is 37.0 Å². The van der Waals surface area contributed by atoms with Gasteiger partial charge in [-0.15, -0.1) is 0 Å². The third-order valence-electron chi connectivity index (χ3n) is 3.31. The summed E-state index contributed by atoms with van der Waals surface area (Å²) < 4.78 is 39.2. The van der Waals surface area contributed by atoms with Crippen LogP contribution in [0.15, 0.2) is 29.1 Å². The van der Waals surface area contributed by atoms with Crippen molar-refractivity contribution in [3.63, 3.8) is 0 Å². The number of aliphatic hydroxyl groups is 1. The monoisotopic (exact) mass is 398 g/mol. The molecular weight excluding hydrogens is 388 g/mol. The molecule has 11 heteroatoms. The van der Waals surface area contributed by atoms with Gasteiger partial charge in [-0.25, -0.2) is 4.79 Å². The van der Waals surface area contributed by atoms with Gasteiger partial charge in [0.25, 0.3) is 0 Å². The number of aliphatic hydroxyl groups excluding tert-OH is 1. The van der Waals surface area contributed by atoms with E-state index in [1.807, 2.05) is 0 Å². The number of carboxylic acids is 1. The fraction of sp³-hybridized carbons (Fsp3) is 0.286. The zero-order valence-electron chi connectivity index (χ0n) is 12.3. The molecule has 0 spiro atoms. The number of hydrogen-bond donors (Lipinski definition) is 2. The van der Waals surface area contributed by atoms with E-state index in [1.54, 1.807) is 0 Å². The van der Waals surface area contributed by atoms with Crippen molar-refractivity contribution in [3.8, 4) is 11.3 Å². The average molecular weight is 399 g/mol. The maximum Gasteiger partial charge on any atom is 0.416 e. The van der Waals surface area contributed by atoms with Gasteiger partial charge in [0.15, 0.2) is 6.10 Å². The fourth-order valence-corrected chi connectivity index (χ4v) is 2.63. The highest BCUT2D eigenvalue weighted by atomic mass is 35.5. The summed E-state index contributed by atoms with van der Waals surface area (Å²) in [5.41, 5.74) is -0.987. The molecule has 1 atom stereocenters. The van der Waals surface area contributed by atoms with E-state index >= 15 is 0 Å². The molecule has 1 aromatic heterocycles. The Bertz CT molecular complexity index is 843. The molecule has 0 radical (unpaired) electrons. The first-order valence-electron chi connectivity index (χ1n) is 6.73. The summed E-state index contributed by atoms with van der Waals surface area (Å²) in [6.45, 7) is -1.97. The average Bonchev–Trinajstić information content (AvgIpc) is 2.72. The summed E-state index contributed by atoms with van der Waals surface area (Å²) in [5, 5.41) is 18.1. The number of halogens is 5. The van der Waals surface area contributed by atoms with Crippen LogP contribution >= 0.6 is 23.2 Å². The van der Waals surface area contributed by atoms with Crippen LogP contribution in [0.2, 0.25) is 10.2 Å². The number of rotatable bonds is 5. The molecule has 0 saturated carbocycles. The second kappa shape index (κ2) is 7.11. The van der Waals surface area contributed by atoms with Gasteiger partial charge in [-0.3, -0.25) is 13.9 Å². The molecule has 0 bridgehead atoms. The molecule has 2 rings (SSSR count). The van der Waals surface area contributed by atoms with Crippen molar-refractivity contribution in [3.05, 3.63) is 44.9 Å². The van der Waals surface area contributed by atoms with Crippen LogP contribution in [0.25, 0.3) is 11.3 Å². The van der Waals surface area contributed by atoms with E-state index in [0.717, 1.165) is 0 Å². The molecule has 0 amide bonds. The van der Waals surface area contributed by atoms with Crippen molar-refractivity contribution in [1.82, 2.24) is 9.13 Å². The van der Waals surface area contributed by atoms with E-state index in [4.69, 9.17) is 28.3 Å². The third kappa shape index (κ3) is 4.17. The number of aliphatic carboxylic acids is 1. The molecule has 136 valence electrons. The smallest absolute Gasteiger partial charge is 0.416 e. The highest BCUT2D eigenvalue weighted by Gasteiger charge is 2.39. The van der Waals surface area contributed by atoms with Gasteiger partial charge in [0, 0.05) is 10.6 Å². The predicted octanol–water partition coefficient (Wildman–Crippen LogP) is 2.63. The number of carboxylic acid groups (broad SMARTS) is 1. The van der Waals surface area contributed by atoms with Crippen LogP contribution in [-0.2, 0) is 17.9 Å². The van der Waals surface area contributed by atoms with E-state index in [1.165, 1.54) is 24.3 Å². The lowest BCUT2D eigenvalue weighted by Crippen LogP contribution is -2.37. The maximum atomic E-state index is 12.7. The predicted molar refractivity (Wildman–Crippen MR) is 83.8 cm³/mol. The Labute approximate surface area is 148 Å². The van der Waals surface area contributed by atoms with Crippen LogP contribution in [0.5, 0.6) is 0 Å². The Hall–Kier alpha value is -1.97. The SMILES string of the molecule is O=C(O)Cn1c(Cl)c(-c2ccc(Cl)cc2)n(C[C@H](O)C(F)(F)F)c1=O. The van der Waals surface area contributed by atoms with Gasteiger partial charge in [-0.2, -0.15) is 13.2 Å². The lowest BCUT2D eigenvalue weighted by molar-refractivity contribution is -0.207. The number of nitrogens with zero attached hydrogens (tertiary/aromatic N) is 2. The summed E-state index contributed by atoms with van der Waals surface area (Å²) in [6.07, 6.45) is -7.79. The number of aromatic nitrogens is 2. The van der Waals surface area contributed by atoms with Gasteiger partial charge in [-0.05, 0) is 12.1 Å². The zero-order chi connectivity index (χ0) is 18.9. The van der Waals surface area contributed by atoms with E-state index in [2.05, 4.69) is 0 Å². The Balaban J connectivity index is 2.64. The van der Waals surface area contributed by atoms with Crippen LogP contribution < -0.4 is 5.69 Å². The second-order valence-corrected chi connectivity index (χ2v) is 5.87. The molecule has 2 aromatic rings. The minimum atomic E-state index is -4.96. The highest BCUT2D eigenvalue weighted by molar-refractivity contribution is 6.32. The topological polar surface area (TPSA) is 84.5 Å². The lowest BCUT2D eigenvalue weighted by Gasteiger charge is -2.16. The standard InChI is InChI=1S/C14H11Cl2F3N2O4/c15-8-3-1-7(2-4-8)11-12(16)21(6-10(23)24)13(25)20(11)5-9(22)14(17,18)19/h1-4,9,22H,5-6H2,(H,23,24)/t9-/m0/s1. The molecule has 1 aromatic carbocycles. The van der Waals surface area contributed by atoms with Gasteiger partial charge in [0.05, 0.1) is 12.2 Å². The largest absolute Gasteiger partial charge is 0.480 e. The summed E-state index contributed by atoms with van der Waals surface area (Å²) in [4.78, 5) is 23.2. The Morgan fingerprint density at radius 3 is 2.20 bits per heavy atom. The molecular formula is C14H11Cl2F3N2O4. The number of carbonyl (C=O) groups is 1. The molecule has 0 unspecified atom stereocenters. The van der Waals surface area contributed by atoms with Gasteiger partial charge in [-0.1, -0.05) is 35.3 Å². The second-order valence-electron chi connectivity index (χ2n) is 5.08. The molecule has 25 heavy (non-hydrogen) atoms. The number of benzene rings is 1. The first kappa shape index (κ1) is 19.4. The van der Waals surface area contributed by atoms with Crippen molar-refractivity contribution in [2.24, 2.45) is 0 Å². The minimum Gasteiger partial charge on any atom is -0.480 e. The normalized spacial score (nSPS) is 13.0. The van der Waals surface area contributed by atoms with Gasteiger partial charge in [0.2, 0.25) is 0 Å². The van der Waals surface area contributed by atoms with Crippen molar-refractivity contribution >= 4 is 29.2 Å². The third-order valence-corrected chi connectivity index (χ3v) is 3.94. The number of imidazole rings is 1. The van der Waals surface area contributed by atoms with Crippen molar-refractivity contribution in [2.75, 3.05) is 0 Å². The van der Waals surface area contributed by atoms with Gasteiger partial charge < -0.3 is 10.2 Å². The molecule has 0 saturated heterocycles. The molecule has 0 aliphatic heterocycles. The van der Waals surface area contributed by atoms with E-state index in [0.29, 0.717) is 14.2 Å². The van der Waals surface area contributed by atoms with Crippen molar-refractivity contribution in [1.29, 1.82) is 0 Å². The molecule has 2 N–H and O–H groups in total. The van der Waals surface area contributed by atoms with Gasteiger partial charge in [0.1, 0.15) is 11.7 Å². The van der Waals surface area contributed by atoms with Gasteiger partial charge >= 0.3 is 17.8 Å². The van der Waals surface area contributed by atoms with Crippen LogP contribution in [0.3, 0.4) is 0 Å². The summed E-state index contributed by atoms with van der Waals surface area (Å²) in [5.74, 6) is -1.40.